The van der Waals surface area contributed by atoms with Gasteiger partial charge in [-0.15, -0.1) is 0 Å². The van der Waals surface area contributed by atoms with E-state index < -0.39 is 11.7 Å². The minimum Gasteiger partial charge on any atom is -0.376 e. The Morgan fingerprint density at radius 1 is 1.19 bits per heavy atom. The van der Waals surface area contributed by atoms with Crippen molar-refractivity contribution in [1.29, 1.82) is 0 Å². The molecule has 3 nitrogen and oxygen atoms in total. The first-order valence-corrected chi connectivity index (χ1v) is 9.71. The largest absolute Gasteiger partial charge is 0.416 e. The fourth-order valence-corrected chi connectivity index (χ4v) is 4.08. The van der Waals surface area contributed by atoms with Crippen molar-refractivity contribution in [3.05, 3.63) is 35.4 Å². The zero-order chi connectivity index (χ0) is 20.1. The minimum absolute atomic E-state index is 0.294. The van der Waals surface area contributed by atoms with Gasteiger partial charge in [0.1, 0.15) is 0 Å². The van der Waals surface area contributed by atoms with Crippen LogP contribution in [-0.2, 0) is 16.3 Å². The third-order valence-corrected chi connectivity index (χ3v) is 5.38. The summed E-state index contributed by atoms with van der Waals surface area (Å²) < 4.78 is 45.5. The molecule has 1 aromatic carbocycles. The Morgan fingerprint density at radius 3 is 2.56 bits per heavy atom. The SMILES string of the molecule is CN(C)CCCNCC[C@@]1(c2cccc(C(F)(F)F)c2)CCOC(C)(C)C1. The molecule has 27 heavy (non-hydrogen) atoms. The second-order valence-corrected chi connectivity index (χ2v) is 8.55. The topological polar surface area (TPSA) is 24.5 Å². The summed E-state index contributed by atoms with van der Waals surface area (Å²) in [7, 11) is 4.10. The number of rotatable bonds is 8. The quantitative estimate of drug-likeness (QED) is 0.668. The first-order chi connectivity index (χ1) is 12.5. The van der Waals surface area contributed by atoms with Crippen LogP contribution in [-0.4, -0.2) is 50.8 Å². The van der Waals surface area contributed by atoms with Gasteiger partial charge in [0.05, 0.1) is 11.2 Å². The summed E-state index contributed by atoms with van der Waals surface area (Å²) in [5.74, 6) is 0. The molecule has 6 heteroatoms. The fourth-order valence-electron chi connectivity index (χ4n) is 4.08. The molecular formula is C21H33F3N2O. The van der Waals surface area contributed by atoms with Crippen LogP contribution < -0.4 is 5.32 Å². The molecule has 1 fully saturated rings. The van der Waals surface area contributed by atoms with Crippen LogP contribution in [0.15, 0.2) is 24.3 Å². The van der Waals surface area contributed by atoms with Gasteiger partial charge in [0, 0.05) is 12.0 Å². The van der Waals surface area contributed by atoms with E-state index in [1.165, 1.54) is 12.1 Å². The molecule has 1 aromatic rings. The average molecular weight is 387 g/mol. The van der Waals surface area contributed by atoms with E-state index in [0.717, 1.165) is 56.9 Å². The predicted molar refractivity (Wildman–Crippen MR) is 103 cm³/mol. The van der Waals surface area contributed by atoms with E-state index >= 15 is 0 Å². The summed E-state index contributed by atoms with van der Waals surface area (Å²) in [5, 5.41) is 3.47. The first kappa shape index (κ1) is 22.2. The lowest BCUT2D eigenvalue weighted by atomic mass is 9.67. The Hall–Kier alpha value is -1.11. The van der Waals surface area contributed by atoms with E-state index in [4.69, 9.17) is 4.74 Å². The van der Waals surface area contributed by atoms with Gasteiger partial charge < -0.3 is 15.0 Å². The van der Waals surface area contributed by atoms with Gasteiger partial charge >= 0.3 is 6.18 Å². The highest BCUT2D eigenvalue weighted by atomic mass is 19.4. The highest BCUT2D eigenvalue weighted by Gasteiger charge is 2.42. The number of alkyl halides is 3. The maximum Gasteiger partial charge on any atom is 0.416 e. The van der Waals surface area contributed by atoms with Crippen molar-refractivity contribution in [2.45, 2.75) is 56.7 Å². The van der Waals surface area contributed by atoms with Crippen LogP contribution in [0.5, 0.6) is 0 Å². The van der Waals surface area contributed by atoms with Crippen molar-refractivity contribution >= 4 is 0 Å². The Balaban J connectivity index is 2.14. The number of halogens is 3. The van der Waals surface area contributed by atoms with E-state index in [1.807, 2.05) is 34.0 Å². The van der Waals surface area contributed by atoms with E-state index in [0.29, 0.717) is 6.61 Å². The van der Waals surface area contributed by atoms with Crippen molar-refractivity contribution in [2.75, 3.05) is 40.3 Å². The molecule has 1 aliphatic heterocycles. The van der Waals surface area contributed by atoms with Crippen LogP contribution in [0.2, 0.25) is 0 Å². The number of ether oxygens (including phenoxy) is 1. The molecule has 0 aromatic heterocycles. The molecule has 0 radical (unpaired) electrons. The smallest absolute Gasteiger partial charge is 0.376 e. The Bertz CT molecular complexity index is 601. The zero-order valence-corrected chi connectivity index (χ0v) is 17.0. The predicted octanol–water partition coefficient (Wildman–Crippen LogP) is 4.46. The Morgan fingerprint density at radius 2 is 1.93 bits per heavy atom. The normalized spacial score (nSPS) is 23.0. The summed E-state index contributed by atoms with van der Waals surface area (Å²) in [6.45, 7) is 7.35. The second-order valence-electron chi connectivity index (χ2n) is 8.55. The molecule has 0 aliphatic carbocycles. The molecule has 1 saturated heterocycles. The number of hydrogen-bond acceptors (Lipinski definition) is 3. The van der Waals surface area contributed by atoms with Crippen molar-refractivity contribution in [3.63, 3.8) is 0 Å². The summed E-state index contributed by atoms with van der Waals surface area (Å²) in [6.07, 6.45) is -0.985. The van der Waals surface area contributed by atoms with Gasteiger partial charge in [-0.3, -0.25) is 0 Å². The van der Waals surface area contributed by atoms with Gasteiger partial charge in [-0.05, 0) is 84.9 Å². The van der Waals surface area contributed by atoms with Gasteiger partial charge in [0.2, 0.25) is 0 Å². The highest BCUT2D eigenvalue weighted by molar-refractivity contribution is 5.33. The molecule has 1 N–H and O–H groups in total. The van der Waals surface area contributed by atoms with Gasteiger partial charge in [-0.25, -0.2) is 0 Å². The maximum absolute atomic E-state index is 13.2. The van der Waals surface area contributed by atoms with Crippen molar-refractivity contribution < 1.29 is 17.9 Å². The third-order valence-electron chi connectivity index (χ3n) is 5.38. The Labute approximate surface area is 161 Å². The van der Waals surface area contributed by atoms with Crippen LogP contribution in [0.4, 0.5) is 13.2 Å². The van der Waals surface area contributed by atoms with Crippen LogP contribution in [0.25, 0.3) is 0 Å². The van der Waals surface area contributed by atoms with Gasteiger partial charge in [-0.1, -0.05) is 18.2 Å². The maximum atomic E-state index is 13.2. The summed E-state index contributed by atoms with van der Waals surface area (Å²) in [5.41, 5.74) is -0.416. The van der Waals surface area contributed by atoms with Crippen molar-refractivity contribution in [1.82, 2.24) is 10.2 Å². The number of benzene rings is 1. The third kappa shape index (κ3) is 6.47. The molecule has 154 valence electrons. The molecule has 0 saturated carbocycles. The lowest BCUT2D eigenvalue weighted by molar-refractivity contribution is -0.137. The van der Waals surface area contributed by atoms with Crippen LogP contribution in [0.1, 0.15) is 50.7 Å². The lowest BCUT2D eigenvalue weighted by Crippen LogP contribution is -2.45. The molecule has 0 spiro atoms. The van der Waals surface area contributed by atoms with E-state index in [9.17, 15) is 13.2 Å². The minimum atomic E-state index is -4.32. The molecule has 1 heterocycles. The molecule has 2 rings (SSSR count). The molecule has 1 atom stereocenters. The van der Waals surface area contributed by atoms with Gasteiger partial charge in [0.25, 0.3) is 0 Å². The zero-order valence-electron chi connectivity index (χ0n) is 17.0. The molecule has 0 bridgehead atoms. The van der Waals surface area contributed by atoms with Gasteiger partial charge in [0.15, 0.2) is 0 Å². The van der Waals surface area contributed by atoms with Gasteiger partial charge in [-0.2, -0.15) is 13.2 Å². The highest BCUT2D eigenvalue weighted by Crippen LogP contribution is 2.45. The number of nitrogens with one attached hydrogen (secondary N) is 1. The number of nitrogens with zero attached hydrogens (tertiary/aromatic N) is 1. The molecule has 0 amide bonds. The summed E-state index contributed by atoms with van der Waals surface area (Å²) in [4.78, 5) is 2.15. The first-order valence-electron chi connectivity index (χ1n) is 9.71. The van der Waals surface area contributed by atoms with Crippen molar-refractivity contribution in [2.24, 2.45) is 0 Å². The van der Waals surface area contributed by atoms with E-state index in [1.54, 1.807) is 0 Å². The lowest BCUT2D eigenvalue weighted by Gasteiger charge is -2.46. The standard InChI is InChI=1S/C21H33F3N2O/c1-19(2)16-20(10-14-27-19,9-12-25-11-6-13-26(3)4)17-7-5-8-18(15-17)21(22,23)24/h5,7-8,15,25H,6,9-14,16H2,1-4H3/t20-/m1/s1. The van der Waals surface area contributed by atoms with Crippen LogP contribution in [0, 0.1) is 0 Å². The van der Waals surface area contributed by atoms with E-state index in [2.05, 4.69) is 10.2 Å². The average Bonchev–Trinajstić information content (AvgIpc) is 2.56. The monoisotopic (exact) mass is 386 g/mol. The molecule has 1 aliphatic rings. The Kier molecular flexibility index (Phi) is 7.33. The van der Waals surface area contributed by atoms with Crippen molar-refractivity contribution in [3.8, 4) is 0 Å². The molecule has 0 unspecified atom stereocenters. The summed E-state index contributed by atoms with van der Waals surface area (Å²) in [6, 6.07) is 5.88. The summed E-state index contributed by atoms with van der Waals surface area (Å²) >= 11 is 0. The second kappa shape index (κ2) is 8.93. The van der Waals surface area contributed by atoms with E-state index in [-0.39, 0.29) is 11.0 Å². The fraction of sp³-hybridized carbons (Fsp3) is 0.714. The van der Waals surface area contributed by atoms with Crippen LogP contribution in [0.3, 0.4) is 0 Å². The number of hydrogen-bond donors (Lipinski definition) is 1. The molecular weight excluding hydrogens is 353 g/mol. The van der Waals surface area contributed by atoms with Crippen LogP contribution >= 0.6 is 0 Å².